The first-order chi connectivity index (χ1) is 11.0. The van der Waals surface area contributed by atoms with Gasteiger partial charge in [-0.15, -0.1) is 12.4 Å². The molecule has 8 nitrogen and oxygen atoms in total. The number of sulfonamides is 1. The first-order valence-corrected chi connectivity index (χ1v) is 9.40. The number of hydrogen-bond donors (Lipinski definition) is 3. The molecule has 1 fully saturated rings. The molecule has 1 atom stereocenters. The van der Waals surface area contributed by atoms with E-state index in [1.807, 2.05) is 0 Å². The highest BCUT2D eigenvalue weighted by molar-refractivity contribution is 7.89. The van der Waals surface area contributed by atoms with Crippen molar-refractivity contribution >= 4 is 28.4 Å². The minimum Gasteiger partial charge on any atom is -0.462 e. The van der Waals surface area contributed by atoms with Crippen LogP contribution in [-0.2, 0) is 14.8 Å². The number of nitrogens with zero attached hydrogens (tertiary/aromatic N) is 1. The van der Waals surface area contributed by atoms with Crippen molar-refractivity contribution in [2.24, 2.45) is 11.7 Å². The van der Waals surface area contributed by atoms with E-state index in [9.17, 15) is 13.2 Å². The fourth-order valence-corrected chi connectivity index (χ4v) is 4.37. The van der Waals surface area contributed by atoms with Crippen LogP contribution < -0.4 is 10.5 Å². The van der Waals surface area contributed by atoms with Gasteiger partial charge in [0.1, 0.15) is 5.56 Å². The van der Waals surface area contributed by atoms with E-state index in [1.54, 1.807) is 6.92 Å². The minimum atomic E-state index is -3.92. The number of H-pyrrole nitrogens is 1. The summed E-state index contributed by atoms with van der Waals surface area (Å²) in [6, 6.07) is -0.348. The lowest BCUT2D eigenvalue weighted by atomic mass is 9.84. The first-order valence-electron chi connectivity index (χ1n) is 7.92. The summed E-state index contributed by atoms with van der Waals surface area (Å²) < 4.78 is 32.7. The fraction of sp³-hybridized carbons (Fsp3) is 0.714. The summed E-state index contributed by atoms with van der Waals surface area (Å²) in [7, 11) is -3.92. The number of hydrogen-bond acceptors (Lipinski definition) is 6. The third-order valence-electron chi connectivity index (χ3n) is 4.15. The zero-order valence-electron chi connectivity index (χ0n) is 13.7. The van der Waals surface area contributed by atoms with Crippen LogP contribution in [0.25, 0.3) is 0 Å². The zero-order chi connectivity index (χ0) is 16.9. The van der Waals surface area contributed by atoms with Gasteiger partial charge in [-0.1, -0.05) is 19.3 Å². The van der Waals surface area contributed by atoms with E-state index in [-0.39, 0.29) is 48.1 Å². The summed E-state index contributed by atoms with van der Waals surface area (Å²) in [4.78, 5) is 11.8. The van der Waals surface area contributed by atoms with Gasteiger partial charge in [0.25, 0.3) is 10.0 Å². The van der Waals surface area contributed by atoms with E-state index in [0.717, 1.165) is 31.9 Å². The Morgan fingerprint density at radius 2 is 2.12 bits per heavy atom. The molecule has 0 saturated heterocycles. The quantitative estimate of drug-likeness (QED) is 0.610. The zero-order valence-corrected chi connectivity index (χ0v) is 15.3. The smallest absolute Gasteiger partial charge is 0.342 e. The number of ether oxygens (including phenoxy) is 1. The van der Waals surface area contributed by atoms with Crippen molar-refractivity contribution in [1.82, 2.24) is 14.9 Å². The Balaban J connectivity index is 0.00000288. The van der Waals surface area contributed by atoms with Gasteiger partial charge in [-0.3, -0.25) is 5.10 Å². The highest BCUT2D eigenvalue weighted by Gasteiger charge is 2.31. The van der Waals surface area contributed by atoms with Crippen LogP contribution in [0.1, 0.15) is 49.4 Å². The molecule has 0 bridgehead atoms. The second-order valence-electron chi connectivity index (χ2n) is 5.69. The molecule has 1 unspecified atom stereocenters. The van der Waals surface area contributed by atoms with Gasteiger partial charge in [-0.05, 0) is 25.7 Å². The van der Waals surface area contributed by atoms with Gasteiger partial charge in [0.15, 0.2) is 5.03 Å². The molecule has 1 aliphatic carbocycles. The summed E-state index contributed by atoms with van der Waals surface area (Å²) in [6.07, 6.45) is 6.41. The Hall–Kier alpha value is -1.16. The number of carbonyl (C=O) groups excluding carboxylic acids is 1. The maximum atomic E-state index is 12.6. The molecule has 0 aromatic carbocycles. The van der Waals surface area contributed by atoms with Crippen molar-refractivity contribution in [3.8, 4) is 0 Å². The Morgan fingerprint density at radius 3 is 2.71 bits per heavy atom. The number of halogens is 1. The van der Waals surface area contributed by atoms with Gasteiger partial charge in [-0.25, -0.2) is 17.9 Å². The largest absolute Gasteiger partial charge is 0.462 e. The van der Waals surface area contributed by atoms with Crippen molar-refractivity contribution in [1.29, 1.82) is 0 Å². The molecule has 1 saturated carbocycles. The summed E-state index contributed by atoms with van der Waals surface area (Å²) >= 11 is 0. The predicted molar refractivity (Wildman–Crippen MR) is 91.5 cm³/mol. The predicted octanol–water partition coefficient (Wildman–Crippen LogP) is 1.19. The SMILES string of the molecule is CCOC(=O)c1cn[nH]c1S(=O)(=O)NC(CN)C1CCCCC1.Cl. The molecule has 1 heterocycles. The molecular weight excluding hydrogens is 356 g/mol. The van der Waals surface area contributed by atoms with Crippen LogP contribution in [0.15, 0.2) is 11.2 Å². The van der Waals surface area contributed by atoms with Crippen LogP contribution in [0.2, 0.25) is 0 Å². The van der Waals surface area contributed by atoms with Crippen LogP contribution in [0, 0.1) is 5.92 Å². The van der Waals surface area contributed by atoms with Gasteiger partial charge >= 0.3 is 5.97 Å². The molecule has 10 heteroatoms. The fourth-order valence-electron chi connectivity index (χ4n) is 2.96. The molecule has 0 amide bonds. The normalized spacial score (nSPS) is 17.1. The van der Waals surface area contributed by atoms with E-state index < -0.39 is 16.0 Å². The Bertz CT molecular complexity index is 628. The van der Waals surface area contributed by atoms with Crippen LogP contribution in [0.4, 0.5) is 0 Å². The molecule has 0 radical (unpaired) electrons. The van der Waals surface area contributed by atoms with Gasteiger partial charge in [0.2, 0.25) is 0 Å². The molecule has 0 aliphatic heterocycles. The van der Waals surface area contributed by atoms with E-state index in [1.165, 1.54) is 6.42 Å². The standard InChI is InChI=1S/C14H24N4O4S.ClH/c1-2-22-14(19)11-9-16-17-13(11)23(20,21)18-12(8-15)10-6-4-3-5-7-10;/h9-10,12,18H,2-8,15H2,1H3,(H,16,17);1H. The Morgan fingerprint density at radius 1 is 1.46 bits per heavy atom. The number of rotatable bonds is 7. The van der Waals surface area contributed by atoms with E-state index in [2.05, 4.69) is 14.9 Å². The van der Waals surface area contributed by atoms with Crippen molar-refractivity contribution in [2.45, 2.75) is 50.1 Å². The van der Waals surface area contributed by atoms with Gasteiger partial charge in [0.05, 0.1) is 12.8 Å². The molecule has 4 N–H and O–H groups in total. The Kier molecular flexibility index (Phi) is 8.14. The summed E-state index contributed by atoms with van der Waals surface area (Å²) in [6.45, 7) is 2.02. The lowest BCUT2D eigenvalue weighted by molar-refractivity contribution is 0.0522. The maximum absolute atomic E-state index is 12.6. The van der Waals surface area contributed by atoms with Crippen LogP contribution in [0.5, 0.6) is 0 Å². The first kappa shape index (κ1) is 20.9. The number of esters is 1. The summed E-state index contributed by atoms with van der Waals surface area (Å²) in [5.74, 6) is -0.499. The number of aromatic amines is 1. The van der Waals surface area contributed by atoms with E-state index in [0.29, 0.717) is 0 Å². The average Bonchev–Trinajstić information content (AvgIpc) is 3.04. The van der Waals surface area contributed by atoms with Crippen molar-refractivity contribution in [3.63, 3.8) is 0 Å². The van der Waals surface area contributed by atoms with E-state index in [4.69, 9.17) is 10.5 Å². The summed E-state index contributed by atoms with van der Waals surface area (Å²) in [5.41, 5.74) is 5.67. The molecule has 1 aliphatic rings. The second-order valence-corrected chi connectivity index (χ2v) is 7.35. The number of carbonyl (C=O) groups is 1. The minimum absolute atomic E-state index is 0. The third kappa shape index (κ3) is 4.92. The molecule has 2 rings (SSSR count). The van der Waals surface area contributed by atoms with Crippen LogP contribution in [-0.4, -0.2) is 43.8 Å². The molecule has 0 spiro atoms. The number of aromatic nitrogens is 2. The van der Waals surface area contributed by atoms with Gasteiger partial charge in [0, 0.05) is 12.6 Å². The highest BCUT2D eigenvalue weighted by atomic mass is 35.5. The van der Waals surface area contributed by atoms with Crippen LogP contribution in [0.3, 0.4) is 0 Å². The Labute approximate surface area is 148 Å². The van der Waals surface area contributed by atoms with Crippen LogP contribution >= 0.6 is 12.4 Å². The molecule has 1 aromatic rings. The average molecular weight is 381 g/mol. The van der Waals surface area contributed by atoms with Gasteiger partial charge < -0.3 is 10.5 Å². The second kappa shape index (κ2) is 9.36. The summed E-state index contributed by atoms with van der Waals surface area (Å²) in [5, 5.41) is 5.76. The third-order valence-corrected chi connectivity index (χ3v) is 5.61. The molecule has 1 aromatic heterocycles. The van der Waals surface area contributed by atoms with Crippen molar-refractivity contribution in [2.75, 3.05) is 13.2 Å². The monoisotopic (exact) mass is 380 g/mol. The van der Waals surface area contributed by atoms with Crippen molar-refractivity contribution in [3.05, 3.63) is 11.8 Å². The number of nitrogens with two attached hydrogens (primary N) is 1. The topological polar surface area (TPSA) is 127 Å². The molecular formula is C14H25ClN4O4S. The lowest BCUT2D eigenvalue weighted by Crippen LogP contribution is -2.46. The number of nitrogens with one attached hydrogen (secondary N) is 2. The highest BCUT2D eigenvalue weighted by Crippen LogP contribution is 2.27. The van der Waals surface area contributed by atoms with Gasteiger partial charge in [-0.2, -0.15) is 5.10 Å². The van der Waals surface area contributed by atoms with Crippen molar-refractivity contribution < 1.29 is 17.9 Å². The van der Waals surface area contributed by atoms with E-state index >= 15 is 0 Å². The lowest BCUT2D eigenvalue weighted by Gasteiger charge is -2.29. The molecule has 138 valence electrons. The maximum Gasteiger partial charge on any atom is 0.342 e. The molecule has 24 heavy (non-hydrogen) atoms.